The van der Waals surface area contributed by atoms with Gasteiger partial charge in [-0.05, 0) is 24.8 Å². The van der Waals surface area contributed by atoms with Crippen molar-refractivity contribution in [2.24, 2.45) is 0 Å². The van der Waals surface area contributed by atoms with E-state index in [1.165, 1.54) is 0 Å². The minimum absolute atomic E-state index is 0.0661. The van der Waals surface area contributed by atoms with Gasteiger partial charge in [0.1, 0.15) is 11.6 Å². The monoisotopic (exact) mass is 195 g/mol. The van der Waals surface area contributed by atoms with E-state index in [9.17, 15) is 4.79 Å². The predicted octanol–water partition coefficient (Wildman–Crippen LogP) is 2.88. The number of carboxylic acids is 1. The summed E-state index contributed by atoms with van der Waals surface area (Å²) in [6.07, 6.45) is 4.55. The summed E-state index contributed by atoms with van der Waals surface area (Å²) in [5.74, 6) is -1.10. The molecular formula is C11H17NO2. The zero-order valence-electron chi connectivity index (χ0n) is 8.84. The van der Waals surface area contributed by atoms with Crippen LogP contribution in [0.3, 0.4) is 0 Å². The SMILES string of the molecule is CCCCC/C(CC)=C(\C#N)C(=O)O. The van der Waals surface area contributed by atoms with Gasteiger partial charge in [-0.3, -0.25) is 0 Å². The standard InChI is InChI=1S/C11H17NO2/c1-3-5-6-7-9(4-2)10(8-12)11(13)14/h3-7H2,1-2H3,(H,13,14)/b10-9+. The first-order chi connectivity index (χ1) is 6.67. The lowest BCUT2D eigenvalue weighted by atomic mass is 10.00. The first kappa shape index (κ1) is 12.7. The molecule has 0 saturated carbocycles. The lowest BCUT2D eigenvalue weighted by molar-refractivity contribution is -0.132. The second kappa shape index (κ2) is 7.14. The van der Waals surface area contributed by atoms with Crippen LogP contribution < -0.4 is 0 Å². The average Bonchev–Trinajstić information content (AvgIpc) is 2.16. The predicted molar refractivity (Wildman–Crippen MR) is 54.7 cm³/mol. The number of nitriles is 1. The number of rotatable bonds is 6. The number of hydrogen-bond donors (Lipinski definition) is 1. The highest BCUT2D eigenvalue weighted by atomic mass is 16.4. The van der Waals surface area contributed by atoms with Crippen molar-refractivity contribution in [1.29, 1.82) is 5.26 Å². The first-order valence-corrected chi connectivity index (χ1v) is 5.02. The van der Waals surface area contributed by atoms with Gasteiger partial charge >= 0.3 is 5.97 Å². The molecule has 0 saturated heterocycles. The van der Waals surface area contributed by atoms with Crippen LogP contribution in [0.1, 0.15) is 46.0 Å². The molecule has 0 unspecified atom stereocenters. The van der Waals surface area contributed by atoms with Crippen LogP contribution in [0.4, 0.5) is 0 Å². The van der Waals surface area contributed by atoms with Crippen LogP contribution in [0.5, 0.6) is 0 Å². The molecule has 0 heterocycles. The normalized spacial score (nSPS) is 11.8. The second-order valence-electron chi connectivity index (χ2n) is 3.21. The van der Waals surface area contributed by atoms with Gasteiger partial charge in [0.25, 0.3) is 0 Å². The number of carbonyl (C=O) groups is 1. The Bertz CT molecular complexity index is 261. The molecule has 0 rings (SSSR count). The van der Waals surface area contributed by atoms with Crippen LogP contribution in [0.15, 0.2) is 11.1 Å². The van der Waals surface area contributed by atoms with Crippen molar-refractivity contribution in [2.75, 3.05) is 0 Å². The van der Waals surface area contributed by atoms with Crippen molar-refractivity contribution < 1.29 is 9.90 Å². The lowest BCUT2D eigenvalue weighted by Crippen LogP contribution is -2.02. The largest absolute Gasteiger partial charge is 0.477 e. The summed E-state index contributed by atoms with van der Waals surface area (Å²) in [6, 6.07) is 1.76. The maximum Gasteiger partial charge on any atom is 0.346 e. The fourth-order valence-electron chi connectivity index (χ4n) is 1.35. The topological polar surface area (TPSA) is 61.1 Å². The number of unbranched alkanes of at least 4 members (excludes halogenated alkanes) is 2. The molecule has 14 heavy (non-hydrogen) atoms. The summed E-state index contributed by atoms with van der Waals surface area (Å²) in [5, 5.41) is 17.4. The summed E-state index contributed by atoms with van der Waals surface area (Å²) < 4.78 is 0. The Morgan fingerprint density at radius 1 is 1.36 bits per heavy atom. The Morgan fingerprint density at radius 3 is 2.36 bits per heavy atom. The first-order valence-electron chi connectivity index (χ1n) is 5.02. The summed E-state index contributed by atoms with van der Waals surface area (Å²) in [7, 11) is 0. The van der Waals surface area contributed by atoms with E-state index >= 15 is 0 Å². The Kier molecular flexibility index (Phi) is 6.47. The van der Waals surface area contributed by atoms with Crippen molar-refractivity contribution in [3.05, 3.63) is 11.1 Å². The van der Waals surface area contributed by atoms with Gasteiger partial charge in [0.2, 0.25) is 0 Å². The Balaban J connectivity index is 4.49. The summed E-state index contributed by atoms with van der Waals surface area (Å²) in [6.45, 7) is 3.99. The van der Waals surface area contributed by atoms with E-state index in [1.54, 1.807) is 6.07 Å². The molecule has 0 aliphatic rings. The Hall–Kier alpha value is -1.30. The van der Waals surface area contributed by atoms with E-state index < -0.39 is 5.97 Å². The molecule has 3 heteroatoms. The lowest BCUT2D eigenvalue weighted by Gasteiger charge is -2.04. The van der Waals surface area contributed by atoms with Gasteiger partial charge in [-0.1, -0.05) is 26.7 Å². The molecule has 0 aromatic rings. The molecule has 0 aliphatic carbocycles. The molecule has 0 fully saturated rings. The zero-order valence-corrected chi connectivity index (χ0v) is 8.84. The number of allylic oxidation sites excluding steroid dienone is 1. The van der Waals surface area contributed by atoms with Crippen LogP contribution >= 0.6 is 0 Å². The van der Waals surface area contributed by atoms with E-state index in [0.29, 0.717) is 6.42 Å². The Labute approximate surface area is 85.0 Å². The van der Waals surface area contributed by atoms with Gasteiger partial charge in [-0.25, -0.2) is 4.79 Å². The van der Waals surface area contributed by atoms with Crippen LogP contribution in [0.25, 0.3) is 0 Å². The van der Waals surface area contributed by atoms with Crippen molar-refractivity contribution in [1.82, 2.24) is 0 Å². The van der Waals surface area contributed by atoms with E-state index in [1.807, 2.05) is 6.92 Å². The number of hydrogen-bond acceptors (Lipinski definition) is 2. The van der Waals surface area contributed by atoms with E-state index in [-0.39, 0.29) is 5.57 Å². The van der Waals surface area contributed by atoms with Crippen LogP contribution in [-0.4, -0.2) is 11.1 Å². The molecule has 0 spiro atoms. The molecule has 3 nitrogen and oxygen atoms in total. The van der Waals surface area contributed by atoms with Gasteiger partial charge in [-0.2, -0.15) is 5.26 Å². The minimum Gasteiger partial charge on any atom is -0.477 e. The number of nitrogens with zero attached hydrogens (tertiary/aromatic N) is 1. The molecule has 0 bridgehead atoms. The molecule has 0 aliphatic heterocycles. The van der Waals surface area contributed by atoms with Gasteiger partial charge in [-0.15, -0.1) is 0 Å². The summed E-state index contributed by atoms with van der Waals surface area (Å²) in [4.78, 5) is 10.7. The van der Waals surface area contributed by atoms with E-state index in [0.717, 1.165) is 31.3 Å². The van der Waals surface area contributed by atoms with Crippen molar-refractivity contribution in [3.63, 3.8) is 0 Å². The van der Waals surface area contributed by atoms with Gasteiger partial charge in [0, 0.05) is 0 Å². The maximum atomic E-state index is 10.7. The highest BCUT2D eigenvalue weighted by Crippen LogP contribution is 2.16. The van der Waals surface area contributed by atoms with Crippen molar-refractivity contribution in [2.45, 2.75) is 46.0 Å². The maximum absolute atomic E-state index is 10.7. The fourth-order valence-corrected chi connectivity index (χ4v) is 1.35. The highest BCUT2D eigenvalue weighted by molar-refractivity contribution is 5.91. The molecule has 0 aromatic heterocycles. The number of carboxylic acid groups (broad SMARTS) is 1. The third-order valence-electron chi connectivity index (χ3n) is 2.19. The quantitative estimate of drug-likeness (QED) is 0.402. The van der Waals surface area contributed by atoms with Crippen LogP contribution in [0, 0.1) is 11.3 Å². The molecule has 0 radical (unpaired) electrons. The van der Waals surface area contributed by atoms with Gasteiger partial charge in [0.05, 0.1) is 0 Å². The van der Waals surface area contributed by atoms with E-state index in [4.69, 9.17) is 10.4 Å². The van der Waals surface area contributed by atoms with Crippen LogP contribution in [-0.2, 0) is 4.79 Å². The van der Waals surface area contributed by atoms with Gasteiger partial charge < -0.3 is 5.11 Å². The molecule has 0 atom stereocenters. The van der Waals surface area contributed by atoms with Crippen molar-refractivity contribution >= 4 is 5.97 Å². The molecule has 0 amide bonds. The second-order valence-corrected chi connectivity index (χ2v) is 3.21. The summed E-state index contributed by atoms with van der Waals surface area (Å²) in [5.41, 5.74) is 0.706. The zero-order chi connectivity index (χ0) is 11.0. The molecule has 78 valence electrons. The Morgan fingerprint density at radius 2 is 2.00 bits per heavy atom. The van der Waals surface area contributed by atoms with Crippen molar-refractivity contribution in [3.8, 4) is 6.07 Å². The number of aliphatic carboxylic acids is 1. The average molecular weight is 195 g/mol. The smallest absolute Gasteiger partial charge is 0.346 e. The minimum atomic E-state index is -1.10. The summed E-state index contributed by atoms with van der Waals surface area (Å²) >= 11 is 0. The van der Waals surface area contributed by atoms with Crippen LogP contribution in [0.2, 0.25) is 0 Å². The van der Waals surface area contributed by atoms with E-state index in [2.05, 4.69) is 6.92 Å². The fraction of sp³-hybridized carbons (Fsp3) is 0.636. The third-order valence-corrected chi connectivity index (χ3v) is 2.19. The molecule has 1 N–H and O–H groups in total. The highest BCUT2D eigenvalue weighted by Gasteiger charge is 2.11. The third kappa shape index (κ3) is 4.08. The van der Waals surface area contributed by atoms with Gasteiger partial charge in [0.15, 0.2) is 0 Å². The molecule has 0 aromatic carbocycles. The molecular weight excluding hydrogens is 178 g/mol.